The Bertz CT molecular complexity index is 379. The van der Waals surface area contributed by atoms with E-state index in [0.717, 1.165) is 12.1 Å². The lowest BCUT2D eigenvalue weighted by Gasteiger charge is -2.34. The van der Waals surface area contributed by atoms with E-state index < -0.39 is 0 Å². The van der Waals surface area contributed by atoms with E-state index in [9.17, 15) is 0 Å². The van der Waals surface area contributed by atoms with Crippen LogP contribution in [0.3, 0.4) is 0 Å². The SMILES string of the molecule is [C]1CC=CC2=CNC=C3COC=CN3C12. The van der Waals surface area contributed by atoms with Crippen LogP contribution >= 0.6 is 0 Å². The molecule has 0 aromatic rings. The van der Waals surface area contributed by atoms with Crippen LogP contribution < -0.4 is 5.32 Å². The maximum Gasteiger partial charge on any atom is 0.129 e. The highest BCUT2D eigenvalue weighted by molar-refractivity contribution is 5.36. The monoisotopic (exact) mass is 200 g/mol. The molecule has 2 aliphatic heterocycles. The van der Waals surface area contributed by atoms with Crippen LogP contribution in [0.25, 0.3) is 0 Å². The zero-order valence-electron chi connectivity index (χ0n) is 8.31. The van der Waals surface area contributed by atoms with Crippen molar-refractivity contribution in [2.45, 2.75) is 12.5 Å². The zero-order valence-corrected chi connectivity index (χ0v) is 8.31. The molecule has 0 spiro atoms. The Labute approximate surface area is 89.4 Å². The Morgan fingerprint density at radius 1 is 1.47 bits per heavy atom. The van der Waals surface area contributed by atoms with Crippen molar-refractivity contribution in [2.75, 3.05) is 6.61 Å². The topological polar surface area (TPSA) is 24.5 Å². The highest BCUT2D eigenvalue weighted by atomic mass is 16.5. The van der Waals surface area contributed by atoms with Gasteiger partial charge >= 0.3 is 0 Å². The van der Waals surface area contributed by atoms with Crippen LogP contribution in [0, 0.1) is 6.42 Å². The van der Waals surface area contributed by atoms with Gasteiger partial charge in [0, 0.05) is 25.0 Å². The van der Waals surface area contributed by atoms with E-state index in [4.69, 9.17) is 4.74 Å². The first-order chi connectivity index (χ1) is 7.45. The Balaban J connectivity index is 1.99. The fourth-order valence-corrected chi connectivity index (χ4v) is 1.98. The largest absolute Gasteiger partial charge is 0.493 e. The summed E-state index contributed by atoms with van der Waals surface area (Å²) in [6.45, 7) is 0.618. The van der Waals surface area contributed by atoms with Crippen molar-refractivity contribution < 1.29 is 4.74 Å². The van der Waals surface area contributed by atoms with Gasteiger partial charge in [0.15, 0.2) is 0 Å². The second-order valence-electron chi connectivity index (χ2n) is 3.66. The van der Waals surface area contributed by atoms with Crippen LogP contribution in [-0.2, 0) is 4.74 Å². The van der Waals surface area contributed by atoms with Crippen LogP contribution in [0.15, 0.2) is 48.3 Å². The van der Waals surface area contributed by atoms with Crippen molar-refractivity contribution in [3.8, 4) is 0 Å². The lowest BCUT2D eigenvalue weighted by atomic mass is 9.95. The van der Waals surface area contributed by atoms with Crippen molar-refractivity contribution >= 4 is 0 Å². The minimum absolute atomic E-state index is 0.219. The maximum atomic E-state index is 5.27. The molecule has 0 aromatic heterocycles. The molecule has 0 saturated carbocycles. The van der Waals surface area contributed by atoms with Crippen LogP contribution in [-0.4, -0.2) is 17.5 Å². The molecule has 3 rings (SSSR count). The Morgan fingerprint density at radius 2 is 2.47 bits per heavy atom. The van der Waals surface area contributed by atoms with Gasteiger partial charge in [-0.15, -0.1) is 0 Å². The number of rotatable bonds is 0. The van der Waals surface area contributed by atoms with Crippen LogP contribution in [0.1, 0.15) is 6.42 Å². The third-order valence-electron chi connectivity index (χ3n) is 2.71. The number of hydrogen-bond donors (Lipinski definition) is 1. The lowest BCUT2D eigenvalue weighted by molar-refractivity contribution is 0.206. The summed E-state index contributed by atoms with van der Waals surface area (Å²) < 4.78 is 5.27. The molecular weight excluding hydrogens is 188 g/mol. The number of nitrogens with zero attached hydrogens (tertiary/aromatic N) is 1. The van der Waals surface area contributed by atoms with E-state index >= 15 is 0 Å². The molecule has 0 amide bonds. The van der Waals surface area contributed by atoms with E-state index in [1.807, 2.05) is 18.6 Å². The zero-order chi connectivity index (χ0) is 10.1. The summed E-state index contributed by atoms with van der Waals surface area (Å²) in [6, 6.07) is 0.219. The van der Waals surface area contributed by atoms with Gasteiger partial charge in [-0.1, -0.05) is 12.2 Å². The summed E-state index contributed by atoms with van der Waals surface area (Å²) in [6.07, 6.45) is 16.3. The van der Waals surface area contributed by atoms with Gasteiger partial charge in [-0.25, -0.2) is 0 Å². The molecule has 1 atom stereocenters. The highest BCUT2D eigenvalue weighted by Crippen LogP contribution is 2.28. The Hall–Kier alpha value is -1.64. The van der Waals surface area contributed by atoms with Crippen LogP contribution in [0.2, 0.25) is 0 Å². The molecular formula is C12H12N2O. The van der Waals surface area contributed by atoms with E-state index in [0.29, 0.717) is 6.61 Å². The van der Waals surface area contributed by atoms with E-state index in [1.54, 1.807) is 6.26 Å². The fourth-order valence-electron chi connectivity index (χ4n) is 1.98. The first-order valence-corrected chi connectivity index (χ1v) is 5.07. The number of nitrogens with one attached hydrogen (secondary N) is 1. The molecule has 3 heteroatoms. The minimum Gasteiger partial charge on any atom is -0.493 e. The van der Waals surface area contributed by atoms with Crippen molar-refractivity contribution in [1.82, 2.24) is 10.2 Å². The summed E-state index contributed by atoms with van der Waals surface area (Å²) in [5.74, 6) is 0. The van der Waals surface area contributed by atoms with Gasteiger partial charge in [0.1, 0.15) is 6.61 Å². The van der Waals surface area contributed by atoms with Gasteiger partial charge in [0.2, 0.25) is 0 Å². The van der Waals surface area contributed by atoms with Crippen molar-refractivity contribution in [3.05, 3.63) is 54.7 Å². The van der Waals surface area contributed by atoms with Crippen LogP contribution in [0.5, 0.6) is 0 Å². The third kappa shape index (κ3) is 1.44. The predicted molar refractivity (Wildman–Crippen MR) is 57.0 cm³/mol. The number of hydrogen-bond acceptors (Lipinski definition) is 3. The molecule has 0 fully saturated rings. The summed E-state index contributed by atoms with van der Waals surface area (Å²) >= 11 is 0. The lowest BCUT2D eigenvalue weighted by Crippen LogP contribution is -2.35. The smallest absolute Gasteiger partial charge is 0.129 e. The predicted octanol–water partition coefficient (Wildman–Crippen LogP) is 1.53. The number of ether oxygens (including phenoxy) is 1. The van der Waals surface area contributed by atoms with Crippen molar-refractivity contribution in [3.63, 3.8) is 0 Å². The van der Waals surface area contributed by atoms with Gasteiger partial charge < -0.3 is 15.0 Å². The van der Waals surface area contributed by atoms with Gasteiger partial charge in [-0.3, -0.25) is 0 Å². The molecule has 15 heavy (non-hydrogen) atoms. The van der Waals surface area contributed by atoms with E-state index in [1.165, 1.54) is 5.57 Å². The molecule has 3 nitrogen and oxygen atoms in total. The summed E-state index contributed by atoms with van der Waals surface area (Å²) in [4.78, 5) is 2.19. The second-order valence-corrected chi connectivity index (χ2v) is 3.66. The standard InChI is InChI=1S/C12H12N2O/c1-2-4-12-10(3-1)7-13-8-11-9-15-6-5-14(11)12/h1,3,5-8,12-13H,2,9H2. The average Bonchev–Trinajstić information content (AvgIpc) is 2.48. The fraction of sp³-hybridized carbons (Fsp3) is 0.250. The molecule has 2 heterocycles. The quantitative estimate of drug-likeness (QED) is 0.641. The molecule has 1 N–H and O–H groups in total. The molecule has 1 unspecified atom stereocenters. The van der Waals surface area contributed by atoms with Crippen LogP contribution in [0.4, 0.5) is 0 Å². The van der Waals surface area contributed by atoms with Gasteiger partial charge in [0.25, 0.3) is 0 Å². The molecule has 76 valence electrons. The molecule has 0 aromatic carbocycles. The maximum absolute atomic E-state index is 5.27. The first-order valence-electron chi connectivity index (χ1n) is 5.07. The molecule has 0 bridgehead atoms. The summed E-state index contributed by atoms with van der Waals surface area (Å²) in [5, 5.41) is 3.17. The van der Waals surface area contributed by atoms with E-state index in [2.05, 4.69) is 28.8 Å². The Morgan fingerprint density at radius 3 is 3.47 bits per heavy atom. The van der Waals surface area contributed by atoms with Crippen molar-refractivity contribution in [1.29, 1.82) is 0 Å². The normalized spacial score (nSPS) is 27.7. The second kappa shape index (κ2) is 3.50. The average molecular weight is 200 g/mol. The Kier molecular flexibility index (Phi) is 2.02. The molecule has 3 aliphatic rings. The molecule has 1 aliphatic carbocycles. The summed E-state index contributed by atoms with van der Waals surface area (Å²) in [5.41, 5.74) is 2.37. The van der Waals surface area contributed by atoms with Gasteiger partial charge in [-0.05, 0) is 12.0 Å². The first kappa shape index (κ1) is 8.65. The van der Waals surface area contributed by atoms with Gasteiger partial charge in [0.05, 0.1) is 18.0 Å². The third-order valence-corrected chi connectivity index (χ3v) is 2.71. The van der Waals surface area contributed by atoms with Crippen molar-refractivity contribution in [2.24, 2.45) is 0 Å². The molecule has 0 saturated heterocycles. The van der Waals surface area contributed by atoms with Gasteiger partial charge in [-0.2, -0.15) is 0 Å². The highest BCUT2D eigenvalue weighted by Gasteiger charge is 2.27. The summed E-state index contributed by atoms with van der Waals surface area (Å²) in [7, 11) is 0. The molecule has 2 radical (unpaired) electrons. The minimum atomic E-state index is 0.219. The number of allylic oxidation sites excluding steroid dienone is 1. The van der Waals surface area contributed by atoms with E-state index in [-0.39, 0.29) is 6.04 Å². The number of fused-ring (bicyclic) bond motifs is 3.